The lowest BCUT2D eigenvalue weighted by Crippen LogP contribution is -2.48. The van der Waals surface area contributed by atoms with E-state index in [4.69, 9.17) is 0 Å². The number of fused-ring (bicyclic) bond motifs is 1. The molecule has 36 heavy (non-hydrogen) atoms. The van der Waals surface area contributed by atoms with Crippen LogP contribution in [0.25, 0.3) is 11.0 Å². The molecule has 0 bridgehead atoms. The Morgan fingerprint density at radius 3 is 2.11 bits per heavy atom. The minimum Gasteiger partial charge on any atom is -0.361 e. The van der Waals surface area contributed by atoms with Gasteiger partial charge in [0.15, 0.2) is 0 Å². The summed E-state index contributed by atoms with van der Waals surface area (Å²) >= 11 is 0. The van der Waals surface area contributed by atoms with Crippen LogP contribution in [-0.4, -0.2) is 45.6 Å². The van der Waals surface area contributed by atoms with Gasteiger partial charge in [-0.25, -0.2) is 0 Å². The number of hydrogen-bond acceptors (Lipinski definition) is 6. The first-order valence-corrected chi connectivity index (χ1v) is 12.0. The van der Waals surface area contributed by atoms with Crippen LogP contribution in [-0.2, 0) is 6.54 Å². The number of anilines is 1. The van der Waals surface area contributed by atoms with Crippen LogP contribution in [0.3, 0.4) is 0 Å². The maximum Gasteiger partial charge on any atom is 0.359 e. The summed E-state index contributed by atoms with van der Waals surface area (Å²) in [7, 11) is 0. The van der Waals surface area contributed by atoms with Gasteiger partial charge in [0.25, 0.3) is 0 Å². The number of aromatic nitrogens is 2. The Morgan fingerprint density at radius 2 is 1.56 bits per heavy atom. The van der Waals surface area contributed by atoms with E-state index in [9.17, 15) is 14.9 Å². The molecule has 2 aromatic heterocycles. The van der Waals surface area contributed by atoms with Gasteiger partial charge < -0.3 is 4.90 Å². The van der Waals surface area contributed by atoms with Crippen molar-refractivity contribution in [1.82, 2.24) is 14.5 Å². The van der Waals surface area contributed by atoms with Crippen molar-refractivity contribution in [1.29, 1.82) is 0 Å². The standard InChI is InChI=1S/C28H27N5O3/c1-2-16-32-23-14-9-15-29-24(23)26(27(28(32)34)33(35)36)31-19-17-30(18-20-31)25(21-10-5-3-6-11-21)22-12-7-4-8-13-22/h2-15,25H,1,16-20H2. The Morgan fingerprint density at radius 1 is 0.944 bits per heavy atom. The third kappa shape index (κ3) is 4.27. The average Bonchev–Trinajstić information content (AvgIpc) is 2.91. The Labute approximate surface area is 208 Å². The fourth-order valence-corrected chi connectivity index (χ4v) is 5.11. The van der Waals surface area contributed by atoms with E-state index in [2.05, 4.69) is 40.7 Å². The summed E-state index contributed by atoms with van der Waals surface area (Å²) < 4.78 is 1.37. The largest absolute Gasteiger partial charge is 0.361 e. The van der Waals surface area contributed by atoms with Crippen LogP contribution in [0.2, 0.25) is 0 Å². The quantitative estimate of drug-likeness (QED) is 0.221. The molecule has 0 unspecified atom stereocenters. The van der Waals surface area contributed by atoms with Gasteiger partial charge in [0.1, 0.15) is 11.2 Å². The molecule has 1 fully saturated rings. The van der Waals surface area contributed by atoms with Crippen LogP contribution in [0.5, 0.6) is 0 Å². The van der Waals surface area contributed by atoms with Gasteiger partial charge >= 0.3 is 11.2 Å². The molecular formula is C28H27N5O3. The highest BCUT2D eigenvalue weighted by Crippen LogP contribution is 2.35. The lowest BCUT2D eigenvalue weighted by atomic mass is 9.96. The summed E-state index contributed by atoms with van der Waals surface area (Å²) in [5.74, 6) is 0. The lowest BCUT2D eigenvalue weighted by Gasteiger charge is -2.40. The number of benzene rings is 2. The van der Waals surface area contributed by atoms with Crippen LogP contribution in [0.15, 0.2) is 96.4 Å². The molecule has 0 radical (unpaired) electrons. The molecule has 0 amide bonds. The van der Waals surface area contributed by atoms with Crippen molar-refractivity contribution in [3.63, 3.8) is 0 Å². The third-order valence-electron chi connectivity index (χ3n) is 6.69. The highest BCUT2D eigenvalue weighted by atomic mass is 16.6. The normalized spacial score (nSPS) is 14.3. The van der Waals surface area contributed by atoms with Gasteiger partial charge in [0.05, 0.1) is 16.5 Å². The number of piperazine rings is 1. The first kappa shape index (κ1) is 23.4. The molecule has 1 saturated heterocycles. The maximum atomic E-state index is 13.2. The van der Waals surface area contributed by atoms with E-state index in [1.807, 2.05) is 41.3 Å². The zero-order chi connectivity index (χ0) is 25.1. The van der Waals surface area contributed by atoms with E-state index in [0.29, 0.717) is 42.9 Å². The number of hydrogen-bond donors (Lipinski definition) is 0. The van der Waals surface area contributed by atoms with E-state index in [1.54, 1.807) is 24.4 Å². The average molecular weight is 482 g/mol. The van der Waals surface area contributed by atoms with Gasteiger partial charge in [-0.2, -0.15) is 0 Å². The van der Waals surface area contributed by atoms with Gasteiger partial charge in [0.2, 0.25) is 0 Å². The lowest BCUT2D eigenvalue weighted by molar-refractivity contribution is -0.385. The summed E-state index contributed by atoms with van der Waals surface area (Å²) in [6.45, 7) is 6.30. The maximum absolute atomic E-state index is 13.2. The fraction of sp³-hybridized carbons (Fsp3) is 0.214. The smallest absolute Gasteiger partial charge is 0.359 e. The number of pyridine rings is 2. The molecule has 0 aliphatic carbocycles. The molecule has 2 aromatic carbocycles. The van der Waals surface area contributed by atoms with Crippen molar-refractivity contribution in [2.45, 2.75) is 12.6 Å². The van der Waals surface area contributed by atoms with Crippen molar-refractivity contribution in [2.75, 3.05) is 31.1 Å². The topological polar surface area (TPSA) is 84.5 Å². The number of nitrogens with zero attached hydrogens (tertiary/aromatic N) is 5. The SMILES string of the molecule is C=CCn1c(=O)c([N+](=O)[O-])c(N2CCN(C(c3ccccc3)c3ccccc3)CC2)c2ncccc21. The van der Waals surface area contributed by atoms with Crippen molar-refractivity contribution >= 4 is 22.4 Å². The predicted octanol–water partition coefficient (Wildman–Crippen LogP) is 4.40. The summed E-state index contributed by atoms with van der Waals surface area (Å²) in [6.07, 6.45) is 3.17. The molecule has 4 aromatic rings. The zero-order valence-electron chi connectivity index (χ0n) is 19.9. The number of nitro groups is 1. The molecule has 182 valence electrons. The predicted molar refractivity (Wildman–Crippen MR) is 141 cm³/mol. The number of allylic oxidation sites excluding steroid dienone is 1. The van der Waals surface area contributed by atoms with Crippen molar-refractivity contribution in [3.05, 3.63) is 123 Å². The zero-order valence-corrected chi connectivity index (χ0v) is 19.9. The molecule has 5 rings (SSSR count). The molecular weight excluding hydrogens is 454 g/mol. The van der Waals surface area contributed by atoms with Gasteiger partial charge in [-0.05, 0) is 23.3 Å². The van der Waals surface area contributed by atoms with E-state index in [0.717, 1.165) is 0 Å². The van der Waals surface area contributed by atoms with Gasteiger partial charge in [0, 0.05) is 38.9 Å². The highest BCUT2D eigenvalue weighted by Gasteiger charge is 2.33. The summed E-state index contributed by atoms with van der Waals surface area (Å²) in [5, 5.41) is 12.1. The Bertz CT molecular complexity index is 1410. The minimum absolute atomic E-state index is 0.0694. The molecule has 8 nitrogen and oxygen atoms in total. The van der Waals surface area contributed by atoms with Gasteiger partial charge in [-0.15, -0.1) is 6.58 Å². The molecule has 1 aliphatic rings. The fourth-order valence-electron chi connectivity index (χ4n) is 5.11. The van der Waals surface area contributed by atoms with Crippen molar-refractivity contribution in [3.8, 4) is 0 Å². The van der Waals surface area contributed by atoms with Crippen LogP contribution in [0.1, 0.15) is 17.2 Å². The van der Waals surface area contributed by atoms with E-state index in [-0.39, 0.29) is 12.6 Å². The van der Waals surface area contributed by atoms with Crippen molar-refractivity contribution in [2.24, 2.45) is 0 Å². The molecule has 0 N–H and O–H groups in total. The third-order valence-corrected chi connectivity index (χ3v) is 6.69. The van der Waals surface area contributed by atoms with E-state index >= 15 is 0 Å². The van der Waals surface area contributed by atoms with Crippen LogP contribution < -0.4 is 10.5 Å². The molecule has 1 aliphatic heterocycles. The second-order valence-electron chi connectivity index (χ2n) is 8.78. The highest BCUT2D eigenvalue weighted by molar-refractivity contribution is 5.93. The molecule has 0 saturated carbocycles. The molecule has 3 heterocycles. The van der Waals surface area contributed by atoms with E-state index < -0.39 is 16.2 Å². The summed E-state index contributed by atoms with van der Waals surface area (Å²) in [6, 6.07) is 24.3. The van der Waals surface area contributed by atoms with Crippen LogP contribution in [0.4, 0.5) is 11.4 Å². The molecule has 0 atom stereocenters. The van der Waals surface area contributed by atoms with Crippen LogP contribution >= 0.6 is 0 Å². The second-order valence-corrected chi connectivity index (χ2v) is 8.78. The van der Waals surface area contributed by atoms with Gasteiger partial charge in [-0.3, -0.25) is 29.4 Å². The molecule has 0 spiro atoms. The Hall–Kier alpha value is -4.30. The summed E-state index contributed by atoms with van der Waals surface area (Å²) in [5.41, 5.74) is 2.66. The number of rotatable bonds is 7. The van der Waals surface area contributed by atoms with E-state index in [1.165, 1.54) is 15.7 Å². The first-order valence-electron chi connectivity index (χ1n) is 12.0. The van der Waals surface area contributed by atoms with Crippen molar-refractivity contribution < 1.29 is 4.92 Å². The second kappa shape index (κ2) is 10.1. The monoisotopic (exact) mass is 481 g/mol. The Balaban J connectivity index is 1.53. The Kier molecular flexibility index (Phi) is 6.60. The van der Waals surface area contributed by atoms with Gasteiger partial charge in [-0.1, -0.05) is 66.7 Å². The summed E-state index contributed by atoms with van der Waals surface area (Å²) in [4.78, 5) is 33.6. The first-order chi connectivity index (χ1) is 17.6. The minimum atomic E-state index is -0.635. The molecule has 8 heteroatoms. The van der Waals surface area contributed by atoms with Crippen LogP contribution in [0, 0.1) is 10.1 Å².